The molecule has 2 rings (SSSR count). The van der Waals surface area contributed by atoms with Gasteiger partial charge < -0.3 is 16.2 Å². The highest BCUT2D eigenvalue weighted by Crippen LogP contribution is 2.22. The number of amides is 1. The Labute approximate surface area is 155 Å². The molecule has 0 aliphatic carbocycles. The molecule has 0 spiro atoms. The van der Waals surface area contributed by atoms with Gasteiger partial charge in [-0.15, -0.1) is 12.4 Å². The highest BCUT2D eigenvalue weighted by molar-refractivity contribution is 5.87. The second kappa shape index (κ2) is 9.56. The van der Waals surface area contributed by atoms with Crippen LogP contribution in [0, 0.1) is 0 Å². The lowest BCUT2D eigenvalue weighted by Gasteiger charge is -2.26. The van der Waals surface area contributed by atoms with Crippen molar-refractivity contribution in [3.63, 3.8) is 0 Å². The molecule has 0 bridgehead atoms. The van der Waals surface area contributed by atoms with E-state index in [9.17, 15) is 9.90 Å². The van der Waals surface area contributed by atoms with Crippen molar-refractivity contribution in [2.75, 3.05) is 6.54 Å². The maximum Gasteiger partial charge on any atom is 0.244 e. The highest BCUT2D eigenvalue weighted by Gasteiger charge is 2.30. The number of hydrogen-bond donors (Lipinski definition) is 3. The molecule has 3 atom stereocenters. The van der Waals surface area contributed by atoms with E-state index in [0.29, 0.717) is 13.0 Å². The minimum Gasteiger partial charge on any atom is -0.393 e. The van der Waals surface area contributed by atoms with Gasteiger partial charge in [-0.05, 0) is 31.4 Å². The standard InChI is InChI=1S/C20H26N2O2.ClH/c1-15(23)13-17(16-9-5-3-6-10-16)14-22-19(24)20(2,21)18-11-7-4-8-12-18;/h3-12,15,17,23H,13-14,21H2,1-2H3,(H,22,24);1H. The van der Waals surface area contributed by atoms with Gasteiger partial charge in [0.15, 0.2) is 0 Å². The van der Waals surface area contributed by atoms with E-state index in [4.69, 9.17) is 5.73 Å². The molecule has 1 amide bonds. The number of nitrogens with two attached hydrogens (primary N) is 1. The van der Waals surface area contributed by atoms with Crippen LogP contribution in [0.15, 0.2) is 60.7 Å². The first-order valence-corrected chi connectivity index (χ1v) is 8.27. The molecule has 0 saturated heterocycles. The van der Waals surface area contributed by atoms with Crippen molar-refractivity contribution in [1.29, 1.82) is 0 Å². The number of aliphatic hydroxyl groups is 1. The zero-order valence-electron chi connectivity index (χ0n) is 14.7. The molecule has 2 aromatic carbocycles. The van der Waals surface area contributed by atoms with E-state index in [-0.39, 0.29) is 24.2 Å². The summed E-state index contributed by atoms with van der Waals surface area (Å²) in [6.07, 6.45) is 0.141. The molecular weight excluding hydrogens is 336 g/mol. The first-order chi connectivity index (χ1) is 11.4. The Hall–Kier alpha value is -1.88. The van der Waals surface area contributed by atoms with Gasteiger partial charge in [0.1, 0.15) is 5.54 Å². The molecule has 0 aromatic heterocycles. The number of aliphatic hydroxyl groups excluding tert-OH is 1. The minimum atomic E-state index is -1.09. The van der Waals surface area contributed by atoms with E-state index in [0.717, 1.165) is 11.1 Å². The quantitative estimate of drug-likeness (QED) is 0.708. The third kappa shape index (κ3) is 5.85. The van der Waals surface area contributed by atoms with Crippen LogP contribution in [0.1, 0.15) is 37.3 Å². The van der Waals surface area contributed by atoms with Gasteiger partial charge >= 0.3 is 0 Å². The van der Waals surface area contributed by atoms with Crippen molar-refractivity contribution in [2.24, 2.45) is 5.73 Å². The Morgan fingerprint density at radius 1 is 1.12 bits per heavy atom. The lowest BCUT2D eigenvalue weighted by atomic mass is 9.90. The normalized spacial score (nSPS) is 15.4. The second-order valence-corrected chi connectivity index (χ2v) is 6.47. The molecule has 4 N–H and O–H groups in total. The molecule has 0 heterocycles. The zero-order chi connectivity index (χ0) is 17.6. The summed E-state index contributed by atoms with van der Waals surface area (Å²) in [6.45, 7) is 3.91. The van der Waals surface area contributed by atoms with Crippen molar-refractivity contribution >= 4 is 18.3 Å². The number of carbonyl (C=O) groups excluding carboxylic acids is 1. The lowest BCUT2D eigenvalue weighted by molar-refractivity contribution is -0.126. The summed E-state index contributed by atoms with van der Waals surface area (Å²) >= 11 is 0. The monoisotopic (exact) mass is 362 g/mol. The molecule has 5 heteroatoms. The average molecular weight is 363 g/mol. The summed E-state index contributed by atoms with van der Waals surface area (Å²) in [7, 11) is 0. The van der Waals surface area contributed by atoms with E-state index in [1.807, 2.05) is 60.7 Å². The summed E-state index contributed by atoms with van der Waals surface area (Å²) in [5, 5.41) is 12.7. The van der Waals surface area contributed by atoms with Crippen molar-refractivity contribution in [2.45, 2.75) is 37.8 Å². The third-order valence-electron chi connectivity index (χ3n) is 4.25. The van der Waals surface area contributed by atoms with E-state index in [1.54, 1.807) is 13.8 Å². The van der Waals surface area contributed by atoms with Crippen LogP contribution in [-0.4, -0.2) is 23.7 Å². The van der Waals surface area contributed by atoms with Crippen LogP contribution in [-0.2, 0) is 10.3 Å². The predicted octanol–water partition coefficient (Wildman–Crippen LogP) is 2.95. The van der Waals surface area contributed by atoms with Crippen molar-refractivity contribution in [1.82, 2.24) is 5.32 Å². The van der Waals surface area contributed by atoms with E-state index in [1.165, 1.54) is 0 Å². The van der Waals surface area contributed by atoms with Crippen LogP contribution in [0.2, 0.25) is 0 Å². The zero-order valence-corrected chi connectivity index (χ0v) is 15.5. The topological polar surface area (TPSA) is 75.3 Å². The fourth-order valence-corrected chi connectivity index (χ4v) is 2.79. The van der Waals surface area contributed by atoms with Crippen LogP contribution < -0.4 is 11.1 Å². The first kappa shape index (κ1) is 21.2. The van der Waals surface area contributed by atoms with Gasteiger partial charge in [-0.1, -0.05) is 60.7 Å². The number of nitrogens with one attached hydrogen (secondary N) is 1. The molecule has 2 aromatic rings. The van der Waals surface area contributed by atoms with Crippen molar-refractivity contribution in [3.05, 3.63) is 71.8 Å². The summed E-state index contributed by atoms with van der Waals surface area (Å²) in [4.78, 5) is 12.6. The molecule has 0 fully saturated rings. The summed E-state index contributed by atoms with van der Waals surface area (Å²) in [5.41, 5.74) is 7.02. The van der Waals surface area contributed by atoms with Crippen molar-refractivity contribution < 1.29 is 9.90 Å². The third-order valence-corrected chi connectivity index (χ3v) is 4.25. The number of hydrogen-bond acceptors (Lipinski definition) is 3. The Morgan fingerprint density at radius 2 is 1.64 bits per heavy atom. The van der Waals surface area contributed by atoms with E-state index in [2.05, 4.69) is 5.32 Å². The fourth-order valence-electron chi connectivity index (χ4n) is 2.79. The Bertz CT molecular complexity index is 645. The molecule has 0 radical (unpaired) electrons. The van der Waals surface area contributed by atoms with Gasteiger partial charge in [0.2, 0.25) is 5.91 Å². The van der Waals surface area contributed by atoms with Gasteiger partial charge in [-0.25, -0.2) is 0 Å². The van der Waals surface area contributed by atoms with E-state index < -0.39 is 11.6 Å². The first-order valence-electron chi connectivity index (χ1n) is 8.27. The predicted molar refractivity (Wildman–Crippen MR) is 104 cm³/mol. The largest absolute Gasteiger partial charge is 0.393 e. The van der Waals surface area contributed by atoms with Crippen LogP contribution >= 0.6 is 12.4 Å². The summed E-state index contributed by atoms with van der Waals surface area (Å²) in [6, 6.07) is 19.2. The smallest absolute Gasteiger partial charge is 0.244 e. The Kier molecular flexibility index (Phi) is 8.10. The lowest BCUT2D eigenvalue weighted by Crippen LogP contribution is -2.49. The molecule has 3 unspecified atom stereocenters. The van der Waals surface area contributed by atoms with Gasteiger partial charge in [-0.3, -0.25) is 4.79 Å². The average Bonchev–Trinajstić information content (AvgIpc) is 2.59. The van der Waals surface area contributed by atoms with Crippen LogP contribution in [0.25, 0.3) is 0 Å². The van der Waals surface area contributed by atoms with Crippen LogP contribution in [0.5, 0.6) is 0 Å². The SMILES string of the molecule is CC(O)CC(CNC(=O)C(C)(N)c1ccccc1)c1ccccc1.Cl. The van der Waals surface area contributed by atoms with E-state index >= 15 is 0 Å². The maximum atomic E-state index is 12.6. The molecule has 136 valence electrons. The van der Waals surface area contributed by atoms with Crippen molar-refractivity contribution in [3.8, 4) is 0 Å². The van der Waals surface area contributed by atoms with Gasteiger partial charge in [0.25, 0.3) is 0 Å². The summed E-state index contributed by atoms with van der Waals surface area (Å²) in [5.74, 6) is -0.179. The highest BCUT2D eigenvalue weighted by atomic mass is 35.5. The maximum absolute atomic E-state index is 12.6. The Morgan fingerprint density at radius 3 is 2.16 bits per heavy atom. The fraction of sp³-hybridized carbons (Fsp3) is 0.350. The van der Waals surface area contributed by atoms with Gasteiger partial charge in [0.05, 0.1) is 6.10 Å². The molecule has 25 heavy (non-hydrogen) atoms. The summed E-state index contributed by atoms with van der Waals surface area (Å²) < 4.78 is 0. The molecule has 0 saturated carbocycles. The Balaban J connectivity index is 0.00000312. The second-order valence-electron chi connectivity index (χ2n) is 6.47. The number of rotatable bonds is 7. The number of benzene rings is 2. The molecule has 4 nitrogen and oxygen atoms in total. The number of halogens is 1. The molecule has 0 aliphatic rings. The van der Waals surface area contributed by atoms with Crippen LogP contribution in [0.3, 0.4) is 0 Å². The molecule has 0 aliphatic heterocycles. The number of carbonyl (C=O) groups is 1. The molecular formula is C20H27ClN2O2. The minimum absolute atomic E-state index is 0. The van der Waals surface area contributed by atoms with Gasteiger partial charge in [0, 0.05) is 12.5 Å². The van der Waals surface area contributed by atoms with Crippen LogP contribution in [0.4, 0.5) is 0 Å². The van der Waals surface area contributed by atoms with Gasteiger partial charge in [-0.2, -0.15) is 0 Å².